The van der Waals surface area contributed by atoms with Crippen LogP contribution in [0.25, 0.3) is 11.4 Å². The van der Waals surface area contributed by atoms with Gasteiger partial charge in [-0.15, -0.1) is 0 Å². The van der Waals surface area contributed by atoms with E-state index in [1.807, 2.05) is 35.2 Å². The molecule has 188 valence electrons. The van der Waals surface area contributed by atoms with Gasteiger partial charge in [-0.3, -0.25) is 0 Å². The normalized spacial score (nSPS) is 15.9. The number of anilines is 2. The first-order valence-electron chi connectivity index (χ1n) is 12.2. The van der Waals surface area contributed by atoms with Gasteiger partial charge in [0.05, 0.1) is 32.1 Å². The average molecular weight is 489 g/mol. The number of carbonyl (C=O) groups excluding carboxylic acids is 1. The van der Waals surface area contributed by atoms with Gasteiger partial charge in [0.1, 0.15) is 17.3 Å². The molecular weight excluding hydrogens is 456 g/mol. The SMILES string of the molecule is COc1ccc(NC(=O)N2CCc3nc(-c4ccccc4)nc(N4CCN(C)CC4)c3C2)c(OC)c1. The molecule has 1 fully saturated rings. The summed E-state index contributed by atoms with van der Waals surface area (Å²) in [6.45, 7) is 4.76. The zero-order valence-corrected chi connectivity index (χ0v) is 21.0. The van der Waals surface area contributed by atoms with E-state index in [4.69, 9.17) is 19.4 Å². The van der Waals surface area contributed by atoms with E-state index in [0.717, 1.165) is 54.6 Å². The number of amides is 2. The number of ether oxygens (including phenoxy) is 2. The maximum Gasteiger partial charge on any atom is 0.322 e. The molecule has 2 aromatic carbocycles. The molecule has 5 rings (SSSR count). The molecule has 0 bridgehead atoms. The van der Waals surface area contributed by atoms with Crippen molar-refractivity contribution in [2.45, 2.75) is 13.0 Å². The van der Waals surface area contributed by atoms with E-state index in [0.29, 0.717) is 36.7 Å². The van der Waals surface area contributed by atoms with E-state index in [1.54, 1.807) is 32.4 Å². The summed E-state index contributed by atoms with van der Waals surface area (Å²) in [4.78, 5) is 29.7. The second-order valence-electron chi connectivity index (χ2n) is 9.12. The highest BCUT2D eigenvalue weighted by Gasteiger charge is 2.29. The summed E-state index contributed by atoms with van der Waals surface area (Å²) in [7, 11) is 5.31. The average Bonchev–Trinajstić information content (AvgIpc) is 2.93. The van der Waals surface area contributed by atoms with Crippen LogP contribution in [0.4, 0.5) is 16.3 Å². The van der Waals surface area contributed by atoms with Crippen LogP contribution in [-0.4, -0.2) is 79.8 Å². The number of urea groups is 1. The van der Waals surface area contributed by atoms with Gasteiger partial charge in [-0.25, -0.2) is 14.8 Å². The smallest absolute Gasteiger partial charge is 0.322 e. The van der Waals surface area contributed by atoms with Gasteiger partial charge in [0.15, 0.2) is 5.82 Å². The molecule has 2 aliphatic heterocycles. The molecule has 1 saturated heterocycles. The van der Waals surface area contributed by atoms with Crippen LogP contribution in [0.2, 0.25) is 0 Å². The molecular formula is C27H32N6O3. The Balaban J connectivity index is 1.43. The van der Waals surface area contributed by atoms with Crippen molar-refractivity contribution < 1.29 is 14.3 Å². The summed E-state index contributed by atoms with van der Waals surface area (Å²) < 4.78 is 10.7. The monoisotopic (exact) mass is 488 g/mol. The summed E-state index contributed by atoms with van der Waals surface area (Å²) >= 11 is 0. The lowest BCUT2D eigenvalue weighted by molar-refractivity contribution is 0.205. The van der Waals surface area contributed by atoms with E-state index in [1.165, 1.54) is 0 Å². The van der Waals surface area contributed by atoms with E-state index in [2.05, 4.69) is 22.2 Å². The van der Waals surface area contributed by atoms with Crippen molar-refractivity contribution in [3.63, 3.8) is 0 Å². The maximum absolute atomic E-state index is 13.3. The summed E-state index contributed by atoms with van der Waals surface area (Å²) in [5, 5.41) is 3.00. The molecule has 1 aromatic heterocycles. The lowest BCUT2D eigenvalue weighted by Gasteiger charge is -2.37. The second kappa shape index (κ2) is 10.4. The van der Waals surface area contributed by atoms with Crippen LogP contribution in [0, 0.1) is 0 Å². The van der Waals surface area contributed by atoms with Crippen molar-refractivity contribution in [2.24, 2.45) is 0 Å². The van der Waals surface area contributed by atoms with Gasteiger partial charge in [-0.2, -0.15) is 0 Å². The standard InChI is InChI=1S/C27H32N6O3/c1-31-13-15-32(16-14-31)26-21-18-33(27(34)29-23-10-9-20(35-2)17-24(23)36-3)12-11-22(21)28-25(30-26)19-7-5-4-6-8-19/h4-10,17H,11-16,18H2,1-3H3,(H,29,34). The predicted molar refractivity (Wildman–Crippen MR) is 140 cm³/mol. The molecule has 9 heteroatoms. The number of rotatable bonds is 5. The van der Waals surface area contributed by atoms with Crippen molar-refractivity contribution in [2.75, 3.05) is 64.2 Å². The summed E-state index contributed by atoms with van der Waals surface area (Å²) in [6.07, 6.45) is 0.672. The van der Waals surface area contributed by atoms with Gasteiger partial charge in [0.25, 0.3) is 0 Å². The first-order valence-corrected chi connectivity index (χ1v) is 12.2. The molecule has 1 N–H and O–H groups in total. The fourth-order valence-corrected chi connectivity index (χ4v) is 4.66. The van der Waals surface area contributed by atoms with Gasteiger partial charge in [-0.05, 0) is 19.2 Å². The molecule has 2 aliphatic rings. The first kappa shape index (κ1) is 23.9. The lowest BCUT2D eigenvalue weighted by Crippen LogP contribution is -2.46. The van der Waals surface area contributed by atoms with Crippen molar-refractivity contribution in [3.05, 3.63) is 59.8 Å². The zero-order valence-electron chi connectivity index (χ0n) is 21.0. The molecule has 2 amide bonds. The largest absolute Gasteiger partial charge is 0.497 e. The van der Waals surface area contributed by atoms with Crippen molar-refractivity contribution in [1.82, 2.24) is 19.8 Å². The molecule has 3 aromatic rings. The van der Waals surface area contributed by atoms with Crippen LogP contribution < -0.4 is 19.7 Å². The number of aromatic nitrogens is 2. The molecule has 0 radical (unpaired) electrons. The molecule has 36 heavy (non-hydrogen) atoms. The van der Waals surface area contributed by atoms with Crippen LogP contribution >= 0.6 is 0 Å². The van der Waals surface area contributed by atoms with Gasteiger partial charge < -0.3 is 29.5 Å². The minimum atomic E-state index is -0.180. The second-order valence-corrected chi connectivity index (χ2v) is 9.12. The van der Waals surface area contributed by atoms with E-state index in [-0.39, 0.29) is 6.03 Å². The molecule has 3 heterocycles. The van der Waals surface area contributed by atoms with Gasteiger partial charge >= 0.3 is 6.03 Å². The number of likely N-dealkylation sites (N-methyl/N-ethyl adjacent to an activating group) is 1. The lowest BCUT2D eigenvalue weighted by atomic mass is 10.0. The number of methoxy groups -OCH3 is 2. The summed E-state index contributed by atoms with van der Waals surface area (Å²) in [6, 6.07) is 15.3. The fraction of sp³-hybridized carbons (Fsp3) is 0.370. The van der Waals surface area contributed by atoms with Crippen molar-refractivity contribution >= 4 is 17.5 Å². The summed E-state index contributed by atoms with van der Waals surface area (Å²) in [5.41, 5.74) is 3.65. The third-order valence-electron chi connectivity index (χ3n) is 6.81. The van der Waals surface area contributed by atoms with Gasteiger partial charge in [-0.1, -0.05) is 30.3 Å². The predicted octanol–water partition coefficient (Wildman–Crippen LogP) is 3.50. The zero-order chi connectivity index (χ0) is 25.1. The third-order valence-corrected chi connectivity index (χ3v) is 6.81. The highest BCUT2D eigenvalue weighted by molar-refractivity contribution is 5.91. The number of nitrogens with one attached hydrogen (secondary N) is 1. The van der Waals surface area contributed by atoms with Gasteiger partial charge in [0, 0.05) is 56.3 Å². The minimum absolute atomic E-state index is 0.180. The highest BCUT2D eigenvalue weighted by atomic mass is 16.5. The summed E-state index contributed by atoms with van der Waals surface area (Å²) in [5.74, 6) is 2.89. The molecule has 0 saturated carbocycles. The number of hydrogen-bond acceptors (Lipinski definition) is 7. The Morgan fingerprint density at radius 1 is 0.944 bits per heavy atom. The molecule has 0 unspecified atom stereocenters. The molecule has 9 nitrogen and oxygen atoms in total. The highest BCUT2D eigenvalue weighted by Crippen LogP contribution is 2.32. The molecule has 0 spiro atoms. The van der Waals surface area contributed by atoms with Crippen LogP contribution in [0.5, 0.6) is 11.5 Å². The van der Waals surface area contributed by atoms with Crippen molar-refractivity contribution in [1.29, 1.82) is 0 Å². The van der Waals surface area contributed by atoms with E-state index < -0.39 is 0 Å². The van der Waals surface area contributed by atoms with Gasteiger partial charge in [0.2, 0.25) is 0 Å². The van der Waals surface area contributed by atoms with Crippen molar-refractivity contribution in [3.8, 4) is 22.9 Å². The molecule has 0 atom stereocenters. The maximum atomic E-state index is 13.3. The number of carbonyl (C=O) groups is 1. The number of piperazine rings is 1. The third kappa shape index (κ3) is 4.92. The minimum Gasteiger partial charge on any atom is -0.497 e. The van der Waals surface area contributed by atoms with E-state index in [9.17, 15) is 4.79 Å². The first-order chi connectivity index (χ1) is 17.6. The fourth-order valence-electron chi connectivity index (χ4n) is 4.66. The number of fused-ring (bicyclic) bond motifs is 1. The Morgan fingerprint density at radius 2 is 1.72 bits per heavy atom. The number of benzene rings is 2. The Kier molecular flexibility index (Phi) is 6.90. The number of nitrogens with zero attached hydrogens (tertiary/aromatic N) is 5. The Bertz CT molecular complexity index is 1230. The Hall–Kier alpha value is -3.85. The van der Waals surface area contributed by atoms with Crippen LogP contribution in [-0.2, 0) is 13.0 Å². The van der Waals surface area contributed by atoms with Crippen LogP contribution in [0.3, 0.4) is 0 Å². The number of hydrogen-bond donors (Lipinski definition) is 1. The Morgan fingerprint density at radius 3 is 2.44 bits per heavy atom. The Labute approximate surface area is 211 Å². The topological polar surface area (TPSA) is 83.1 Å². The quantitative estimate of drug-likeness (QED) is 0.589. The van der Waals surface area contributed by atoms with E-state index >= 15 is 0 Å². The van der Waals surface area contributed by atoms with Crippen LogP contribution in [0.15, 0.2) is 48.5 Å². The van der Waals surface area contributed by atoms with Crippen LogP contribution in [0.1, 0.15) is 11.3 Å². The molecule has 0 aliphatic carbocycles.